The Bertz CT molecular complexity index is 206. The minimum absolute atomic E-state index is 0.0818. The second-order valence-corrected chi connectivity index (χ2v) is 5.01. The first-order valence-corrected chi connectivity index (χ1v) is 7.02. The molecule has 86 valence electrons. The van der Waals surface area contributed by atoms with Gasteiger partial charge in [-0.2, -0.15) is 17.0 Å². The molecule has 0 amide bonds. The average Bonchev–Trinajstić information content (AvgIpc) is 2.29. The summed E-state index contributed by atoms with van der Waals surface area (Å²) in [5, 5.41) is 8.82. The van der Waals surface area contributed by atoms with Crippen molar-refractivity contribution in [3.05, 3.63) is 0 Å². The average molecular weight is 227 g/mol. The van der Waals surface area contributed by atoms with Gasteiger partial charge < -0.3 is 4.90 Å². The Morgan fingerprint density at radius 3 is 2.53 bits per heavy atom. The van der Waals surface area contributed by atoms with Crippen LogP contribution >= 0.6 is 11.8 Å². The second kappa shape index (κ2) is 7.10. The highest BCUT2D eigenvalue weighted by Gasteiger charge is 2.19. The van der Waals surface area contributed by atoms with Crippen LogP contribution in [-0.2, 0) is 0 Å². The summed E-state index contributed by atoms with van der Waals surface area (Å²) in [6.45, 7) is 7.56. The molecule has 0 spiro atoms. The number of piperazine rings is 1. The number of hydrogen-bond acceptors (Lipinski definition) is 4. The minimum atomic E-state index is 0.0818. The van der Waals surface area contributed by atoms with Crippen LogP contribution in [0, 0.1) is 11.3 Å². The topological polar surface area (TPSA) is 30.3 Å². The molecule has 1 atom stereocenters. The van der Waals surface area contributed by atoms with Gasteiger partial charge >= 0.3 is 0 Å². The van der Waals surface area contributed by atoms with E-state index in [4.69, 9.17) is 5.26 Å². The maximum Gasteiger partial charge on any atom is 0.0950 e. The summed E-state index contributed by atoms with van der Waals surface area (Å²) >= 11 is 1.92. The Kier molecular flexibility index (Phi) is 6.07. The number of hydrogen-bond donors (Lipinski definition) is 0. The molecule has 0 aromatic rings. The van der Waals surface area contributed by atoms with Crippen LogP contribution in [0.2, 0.25) is 0 Å². The Morgan fingerprint density at radius 2 is 2.00 bits per heavy atom. The zero-order valence-electron chi connectivity index (χ0n) is 9.78. The molecule has 0 N–H and O–H groups in total. The third-order valence-electron chi connectivity index (χ3n) is 2.96. The largest absolute Gasteiger partial charge is 0.301 e. The van der Waals surface area contributed by atoms with Gasteiger partial charge in [0.25, 0.3) is 0 Å². The van der Waals surface area contributed by atoms with E-state index < -0.39 is 0 Å². The smallest absolute Gasteiger partial charge is 0.0950 e. The van der Waals surface area contributed by atoms with Gasteiger partial charge in [0, 0.05) is 26.2 Å². The number of nitriles is 1. The predicted octanol–water partition coefficient (Wildman–Crippen LogP) is 1.27. The summed E-state index contributed by atoms with van der Waals surface area (Å²) in [5.74, 6) is 1.26. The summed E-state index contributed by atoms with van der Waals surface area (Å²) in [5.41, 5.74) is 0. The lowest BCUT2D eigenvalue weighted by molar-refractivity contribution is 0.120. The molecule has 0 aromatic heterocycles. The van der Waals surface area contributed by atoms with Crippen LogP contribution in [0.4, 0.5) is 0 Å². The second-order valence-electron chi connectivity index (χ2n) is 4.03. The van der Waals surface area contributed by atoms with E-state index in [1.165, 1.54) is 18.7 Å². The van der Waals surface area contributed by atoms with Crippen molar-refractivity contribution in [3.63, 3.8) is 0 Å². The number of nitrogens with zero attached hydrogens (tertiary/aromatic N) is 3. The van der Waals surface area contributed by atoms with Crippen LogP contribution in [-0.4, -0.2) is 60.6 Å². The highest BCUT2D eigenvalue weighted by Crippen LogP contribution is 2.07. The minimum Gasteiger partial charge on any atom is -0.301 e. The summed E-state index contributed by atoms with van der Waals surface area (Å²) in [6, 6.07) is 2.39. The standard InChI is InChI=1S/C11H21N3S/c1-11(10-12)14-7-5-13(6-8-14)4-3-9-15-2/h11H,3-9H2,1-2H3. The van der Waals surface area contributed by atoms with Crippen molar-refractivity contribution < 1.29 is 0 Å². The first kappa shape index (κ1) is 12.8. The summed E-state index contributed by atoms with van der Waals surface area (Å²) in [6.07, 6.45) is 3.45. The summed E-state index contributed by atoms with van der Waals surface area (Å²) in [7, 11) is 0. The van der Waals surface area contributed by atoms with Crippen molar-refractivity contribution in [3.8, 4) is 6.07 Å². The van der Waals surface area contributed by atoms with Gasteiger partial charge in [-0.25, -0.2) is 0 Å². The van der Waals surface area contributed by atoms with Gasteiger partial charge in [-0.3, -0.25) is 4.90 Å². The molecule has 0 saturated carbocycles. The highest BCUT2D eigenvalue weighted by atomic mass is 32.2. The van der Waals surface area contributed by atoms with Crippen molar-refractivity contribution >= 4 is 11.8 Å². The first-order chi connectivity index (χ1) is 7.27. The van der Waals surface area contributed by atoms with Gasteiger partial charge in [0.05, 0.1) is 12.1 Å². The van der Waals surface area contributed by atoms with E-state index in [1.807, 2.05) is 18.7 Å². The van der Waals surface area contributed by atoms with Crippen LogP contribution in [0.3, 0.4) is 0 Å². The van der Waals surface area contributed by atoms with Crippen LogP contribution in [0.5, 0.6) is 0 Å². The lowest BCUT2D eigenvalue weighted by atomic mass is 10.2. The molecule has 1 unspecified atom stereocenters. The first-order valence-electron chi connectivity index (χ1n) is 5.63. The van der Waals surface area contributed by atoms with Gasteiger partial charge in [-0.15, -0.1) is 0 Å². The maximum absolute atomic E-state index is 8.82. The number of rotatable bonds is 5. The lowest BCUT2D eigenvalue weighted by Crippen LogP contribution is -2.49. The van der Waals surface area contributed by atoms with Crippen molar-refractivity contribution in [2.45, 2.75) is 19.4 Å². The zero-order chi connectivity index (χ0) is 11.1. The third kappa shape index (κ3) is 4.42. The molecule has 4 heteroatoms. The van der Waals surface area contributed by atoms with Crippen LogP contribution in [0.1, 0.15) is 13.3 Å². The fourth-order valence-corrected chi connectivity index (χ4v) is 2.31. The molecular formula is C11H21N3S. The predicted molar refractivity (Wildman–Crippen MR) is 66.1 cm³/mol. The third-order valence-corrected chi connectivity index (χ3v) is 3.66. The van der Waals surface area contributed by atoms with Crippen molar-refractivity contribution in [2.24, 2.45) is 0 Å². The van der Waals surface area contributed by atoms with E-state index >= 15 is 0 Å². The molecule has 0 bridgehead atoms. The summed E-state index contributed by atoms with van der Waals surface area (Å²) < 4.78 is 0. The Morgan fingerprint density at radius 1 is 1.33 bits per heavy atom. The normalized spacial score (nSPS) is 21.1. The summed E-state index contributed by atoms with van der Waals surface area (Å²) in [4.78, 5) is 4.78. The van der Waals surface area contributed by atoms with Crippen molar-refractivity contribution in [2.75, 3.05) is 44.7 Å². The van der Waals surface area contributed by atoms with Gasteiger partial charge in [0.1, 0.15) is 0 Å². The van der Waals surface area contributed by atoms with E-state index in [2.05, 4.69) is 22.1 Å². The van der Waals surface area contributed by atoms with Crippen LogP contribution < -0.4 is 0 Å². The fraction of sp³-hybridized carbons (Fsp3) is 0.909. The molecule has 1 rings (SSSR count). The molecule has 0 aliphatic carbocycles. The molecule has 1 saturated heterocycles. The molecule has 1 heterocycles. The quantitative estimate of drug-likeness (QED) is 0.662. The Hall–Kier alpha value is -0.240. The molecule has 15 heavy (non-hydrogen) atoms. The van der Waals surface area contributed by atoms with Gasteiger partial charge in [0.15, 0.2) is 0 Å². The molecule has 0 radical (unpaired) electrons. The van der Waals surface area contributed by atoms with E-state index in [-0.39, 0.29) is 6.04 Å². The van der Waals surface area contributed by atoms with Gasteiger partial charge in [0.2, 0.25) is 0 Å². The number of thioether (sulfide) groups is 1. The van der Waals surface area contributed by atoms with E-state index in [9.17, 15) is 0 Å². The van der Waals surface area contributed by atoms with Crippen molar-refractivity contribution in [1.82, 2.24) is 9.80 Å². The maximum atomic E-state index is 8.82. The molecule has 1 aliphatic heterocycles. The zero-order valence-corrected chi connectivity index (χ0v) is 10.6. The van der Waals surface area contributed by atoms with E-state index in [0.29, 0.717) is 0 Å². The van der Waals surface area contributed by atoms with E-state index in [1.54, 1.807) is 0 Å². The van der Waals surface area contributed by atoms with Crippen LogP contribution in [0.15, 0.2) is 0 Å². The lowest BCUT2D eigenvalue weighted by Gasteiger charge is -2.35. The molecular weight excluding hydrogens is 206 g/mol. The van der Waals surface area contributed by atoms with Gasteiger partial charge in [-0.1, -0.05) is 0 Å². The molecule has 3 nitrogen and oxygen atoms in total. The SMILES string of the molecule is CSCCCN1CCN(C(C)C#N)CC1. The van der Waals surface area contributed by atoms with Gasteiger partial charge in [-0.05, 0) is 31.9 Å². The molecule has 1 aliphatic rings. The monoisotopic (exact) mass is 227 g/mol. The fourth-order valence-electron chi connectivity index (χ4n) is 1.89. The Balaban J connectivity index is 2.16. The van der Waals surface area contributed by atoms with Crippen LogP contribution in [0.25, 0.3) is 0 Å². The van der Waals surface area contributed by atoms with E-state index in [0.717, 1.165) is 26.2 Å². The van der Waals surface area contributed by atoms with Crippen molar-refractivity contribution in [1.29, 1.82) is 5.26 Å². The molecule has 1 fully saturated rings. The molecule has 0 aromatic carbocycles. The Labute approximate surface area is 97.4 Å². The highest BCUT2D eigenvalue weighted by molar-refractivity contribution is 7.98.